The summed E-state index contributed by atoms with van der Waals surface area (Å²) < 4.78 is 0. The molecule has 1 saturated carbocycles. The first-order chi connectivity index (χ1) is 14.3. The van der Waals surface area contributed by atoms with E-state index < -0.39 is 5.41 Å². The first-order valence-electron chi connectivity index (χ1n) is 11.7. The van der Waals surface area contributed by atoms with Crippen LogP contribution in [0, 0.1) is 5.41 Å². The highest BCUT2D eigenvalue weighted by Crippen LogP contribution is 2.70. The number of para-hydroxylation sites is 2. The van der Waals surface area contributed by atoms with Crippen LogP contribution in [0.25, 0.3) is 11.0 Å². The lowest BCUT2D eigenvalue weighted by Crippen LogP contribution is -2.64. The number of fused-ring (bicyclic) bond motifs is 6. The molecule has 0 radical (unpaired) electrons. The average molecular weight is 421 g/mol. The number of rotatable bonds is 2. The summed E-state index contributed by atoms with van der Waals surface area (Å²) in [5.74, 6) is 0.142. The van der Waals surface area contributed by atoms with Crippen molar-refractivity contribution in [3.8, 4) is 0 Å². The second-order valence-electron chi connectivity index (χ2n) is 12.2. The van der Waals surface area contributed by atoms with E-state index in [9.17, 15) is 4.79 Å². The molecule has 1 aliphatic heterocycles. The molecule has 31 heavy (non-hydrogen) atoms. The molecule has 5 nitrogen and oxygen atoms in total. The summed E-state index contributed by atoms with van der Waals surface area (Å²) in [6, 6.07) is 8.18. The Hall–Kier alpha value is -2.01. The molecule has 1 amide bonds. The van der Waals surface area contributed by atoms with Crippen LogP contribution in [-0.4, -0.2) is 33.0 Å². The van der Waals surface area contributed by atoms with Crippen LogP contribution in [0.5, 0.6) is 0 Å². The minimum absolute atomic E-state index is 0.0132. The van der Waals surface area contributed by atoms with Gasteiger partial charge in [-0.3, -0.25) is 4.79 Å². The van der Waals surface area contributed by atoms with Gasteiger partial charge in [0.05, 0.1) is 27.8 Å². The van der Waals surface area contributed by atoms with Gasteiger partial charge >= 0.3 is 0 Å². The third-order valence-corrected chi connectivity index (χ3v) is 8.86. The predicted molar refractivity (Wildman–Crippen MR) is 124 cm³/mol. The topological polar surface area (TPSA) is 66.9 Å². The summed E-state index contributed by atoms with van der Waals surface area (Å²) in [6.07, 6.45) is 3.65. The van der Waals surface area contributed by atoms with Gasteiger partial charge in [-0.2, -0.15) is 0 Å². The van der Waals surface area contributed by atoms with Crippen LogP contribution in [0.1, 0.15) is 85.5 Å². The van der Waals surface area contributed by atoms with Gasteiger partial charge in [-0.1, -0.05) is 32.9 Å². The highest BCUT2D eigenvalue weighted by atomic mass is 16.2. The van der Waals surface area contributed by atoms with Gasteiger partial charge in [0.2, 0.25) is 5.91 Å². The van der Waals surface area contributed by atoms with E-state index in [-0.39, 0.29) is 33.9 Å². The van der Waals surface area contributed by atoms with Crippen molar-refractivity contribution in [2.45, 2.75) is 102 Å². The Balaban J connectivity index is 1.59. The van der Waals surface area contributed by atoms with Crippen molar-refractivity contribution in [2.75, 3.05) is 0 Å². The Morgan fingerprint density at radius 3 is 2.03 bits per heavy atom. The van der Waals surface area contributed by atoms with Crippen molar-refractivity contribution in [1.29, 1.82) is 0 Å². The maximum Gasteiger partial charge on any atom is 0.233 e. The number of aromatic nitrogens is 2. The third-order valence-electron chi connectivity index (χ3n) is 8.86. The van der Waals surface area contributed by atoms with E-state index in [1.54, 1.807) is 0 Å². The van der Waals surface area contributed by atoms with Crippen molar-refractivity contribution in [3.63, 3.8) is 0 Å². The average Bonchev–Trinajstić information content (AvgIpc) is 2.93. The van der Waals surface area contributed by atoms with Crippen LogP contribution >= 0.6 is 0 Å². The number of hydrogen-bond donors (Lipinski definition) is 2. The number of nitrogens with one attached hydrogen (secondary N) is 2. The fourth-order valence-corrected chi connectivity index (χ4v) is 7.28. The quantitative estimate of drug-likeness (QED) is 0.756. The molecule has 3 aliphatic rings. The summed E-state index contributed by atoms with van der Waals surface area (Å²) in [7, 11) is 0. The van der Waals surface area contributed by atoms with Crippen molar-refractivity contribution in [2.24, 2.45) is 5.41 Å². The molecule has 1 aromatic carbocycles. The number of amides is 1. The summed E-state index contributed by atoms with van der Waals surface area (Å²) in [5.41, 5.74) is 2.69. The maximum absolute atomic E-state index is 14.2. The number of hydrogen-bond acceptors (Lipinski definition) is 4. The van der Waals surface area contributed by atoms with E-state index in [0.29, 0.717) is 0 Å². The molecule has 5 heteroatoms. The van der Waals surface area contributed by atoms with Crippen LogP contribution in [-0.2, 0) is 15.6 Å². The normalized spacial score (nSPS) is 32.7. The molecule has 2 aliphatic carbocycles. The molecule has 0 unspecified atom stereocenters. The van der Waals surface area contributed by atoms with Crippen LogP contribution in [0.4, 0.5) is 0 Å². The SMILES string of the molecule is CC1(C)CC(NC(=O)[C@]23CC[C@](C)(c4nc5ccccc5nc42)C3(C)C)CC(C)(C)N1. The van der Waals surface area contributed by atoms with Crippen LogP contribution in [0.15, 0.2) is 24.3 Å². The molecule has 2 heterocycles. The third kappa shape index (κ3) is 2.68. The lowest BCUT2D eigenvalue weighted by atomic mass is 9.63. The molecular formula is C26H36N4O. The molecule has 1 saturated heterocycles. The van der Waals surface area contributed by atoms with Gasteiger partial charge in [0.15, 0.2) is 0 Å². The van der Waals surface area contributed by atoms with Crippen molar-refractivity contribution in [3.05, 3.63) is 35.7 Å². The second-order valence-corrected chi connectivity index (χ2v) is 12.2. The molecule has 5 rings (SSSR count). The van der Waals surface area contributed by atoms with Gasteiger partial charge in [-0.15, -0.1) is 0 Å². The fourth-order valence-electron chi connectivity index (χ4n) is 7.28. The van der Waals surface area contributed by atoms with Crippen LogP contribution in [0.2, 0.25) is 0 Å². The highest BCUT2D eigenvalue weighted by molar-refractivity contribution is 5.93. The van der Waals surface area contributed by atoms with Gasteiger partial charge < -0.3 is 10.6 Å². The minimum Gasteiger partial charge on any atom is -0.352 e. The van der Waals surface area contributed by atoms with E-state index in [4.69, 9.17) is 9.97 Å². The lowest BCUT2D eigenvalue weighted by molar-refractivity contribution is -0.131. The van der Waals surface area contributed by atoms with Gasteiger partial charge in [0.1, 0.15) is 0 Å². The fraction of sp³-hybridized carbons (Fsp3) is 0.654. The van der Waals surface area contributed by atoms with Gasteiger partial charge in [0, 0.05) is 22.5 Å². The largest absolute Gasteiger partial charge is 0.352 e. The van der Waals surface area contributed by atoms with E-state index in [0.717, 1.165) is 48.1 Å². The minimum atomic E-state index is -0.632. The standard InChI is InChI=1S/C26H36N4O/c1-22(2)14-16(15-23(3,4)30-22)27-21(31)26-13-12-25(7,24(26,5)6)19-20(26)29-18-11-9-8-10-17(18)28-19/h8-11,16,30H,12-15H2,1-7H3,(H,27,31)/t25-,26+/m1/s1. The first kappa shape index (κ1) is 20.9. The molecule has 0 spiro atoms. The molecule has 166 valence electrons. The van der Waals surface area contributed by atoms with Gasteiger partial charge in [-0.05, 0) is 70.9 Å². The predicted octanol–water partition coefficient (Wildman–Crippen LogP) is 4.38. The van der Waals surface area contributed by atoms with E-state index in [1.165, 1.54) is 0 Å². The first-order valence-corrected chi connectivity index (χ1v) is 11.7. The molecule has 2 N–H and O–H groups in total. The van der Waals surface area contributed by atoms with Gasteiger partial charge in [0.25, 0.3) is 0 Å². The number of carbonyl (C=O) groups excluding carboxylic acids is 1. The molecule has 1 aromatic heterocycles. The molecule has 2 fully saturated rings. The Morgan fingerprint density at radius 2 is 1.45 bits per heavy atom. The number of carbonyl (C=O) groups is 1. The summed E-state index contributed by atoms with van der Waals surface area (Å²) >= 11 is 0. The number of piperidine rings is 1. The number of nitrogens with zero attached hydrogens (tertiary/aromatic N) is 2. The Bertz CT molecular complexity index is 1070. The van der Waals surface area contributed by atoms with Crippen LogP contribution in [0.3, 0.4) is 0 Å². The maximum atomic E-state index is 14.2. The molecular weight excluding hydrogens is 384 g/mol. The lowest BCUT2D eigenvalue weighted by Gasteiger charge is -2.48. The Kier molecular flexibility index (Phi) is 4.08. The van der Waals surface area contributed by atoms with E-state index in [1.807, 2.05) is 24.3 Å². The smallest absolute Gasteiger partial charge is 0.233 e. The molecule has 2 atom stereocenters. The second kappa shape index (κ2) is 6.06. The van der Waals surface area contributed by atoms with Crippen molar-refractivity contribution >= 4 is 16.9 Å². The monoisotopic (exact) mass is 420 g/mol. The van der Waals surface area contributed by atoms with Crippen molar-refractivity contribution in [1.82, 2.24) is 20.6 Å². The number of benzene rings is 1. The Morgan fingerprint density at radius 1 is 0.903 bits per heavy atom. The Labute approximate surface area is 185 Å². The van der Waals surface area contributed by atoms with Crippen LogP contribution < -0.4 is 10.6 Å². The molecule has 2 aromatic rings. The molecule has 2 bridgehead atoms. The summed E-state index contributed by atoms with van der Waals surface area (Å²) in [6.45, 7) is 15.7. The highest BCUT2D eigenvalue weighted by Gasteiger charge is 2.73. The zero-order chi connectivity index (χ0) is 22.4. The summed E-state index contributed by atoms with van der Waals surface area (Å²) in [5, 5.41) is 7.23. The summed E-state index contributed by atoms with van der Waals surface area (Å²) in [4.78, 5) is 24.3. The van der Waals surface area contributed by atoms with Crippen molar-refractivity contribution < 1.29 is 4.79 Å². The van der Waals surface area contributed by atoms with E-state index >= 15 is 0 Å². The zero-order valence-electron chi connectivity index (χ0n) is 20.0. The van der Waals surface area contributed by atoms with E-state index in [2.05, 4.69) is 59.1 Å². The van der Waals surface area contributed by atoms with Gasteiger partial charge in [-0.25, -0.2) is 9.97 Å². The zero-order valence-corrected chi connectivity index (χ0v) is 20.0.